The molecule has 1 radical (unpaired) electrons. The molecule has 1 rings (SSSR count). The number of rotatable bonds is 3. The Balaban J connectivity index is 2.92. The molecule has 0 fully saturated rings. The highest BCUT2D eigenvalue weighted by atomic mass is 16.1. The third kappa shape index (κ3) is 2.75. The van der Waals surface area contributed by atoms with Crippen molar-refractivity contribution in [3.05, 3.63) is 41.6 Å². The summed E-state index contributed by atoms with van der Waals surface area (Å²) >= 11 is 0. The lowest BCUT2D eigenvalue weighted by Gasteiger charge is -2.09. The van der Waals surface area contributed by atoms with Crippen LogP contribution in [0.5, 0.6) is 0 Å². The van der Waals surface area contributed by atoms with Crippen molar-refractivity contribution < 1.29 is 4.79 Å². The van der Waals surface area contributed by atoms with Crippen molar-refractivity contribution in [1.82, 2.24) is 4.90 Å². The van der Waals surface area contributed by atoms with Crippen LogP contribution in [0.3, 0.4) is 0 Å². The number of nitrogens with zero attached hydrogens (tertiary/aromatic N) is 1. The molecule has 0 spiro atoms. The summed E-state index contributed by atoms with van der Waals surface area (Å²) in [5.41, 5.74) is 1.56. The average molecular weight is 174 g/mol. The Morgan fingerprint density at radius 2 is 1.92 bits per heavy atom. The quantitative estimate of drug-likeness (QED) is 0.650. The van der Waals surface area contributed by atoms with Gasteiger partial charge in [-0.1, -0.05) is 30.3 Å². The summed E-state index contributed by atoms with van der Waals surface area (Å²) in [4.78, 5) is 12.3. The predicted octanol–water partition coefficient (Wildman–Crippen LogP) is 1.70. The van der Waals surface area contributed by atoms with Crippen LogP contribution < -0.4 is 0 Å². The fourth-order valence-corrected chi connectivity index (χ4v) is 0.957. The molecule has 2 heteroatoms. The molecule has 2 nitrogen and oxygen atoms in total. The summed E-state index contributed by atoms with van der Waals surface area (Å²) < 4.78 is 0. The molecule has 0 saturated carbocycles. The topological polar surface area (TPSA) is 20.3 Å². The number of allylic oxidation sites excluding steroid dienone is 1. The van der Waals surface area contributed by atoms with Gasteiger partial charge in [-0.2, -0.15) is 0 Å². The van der Waals surface area contributed by atoms with Crippen molar-refractivity contribution in [3.63, 3.8) is 0 Å². The summed E-state index contributed by atoms with van der Waals surface area (Å²) in [6, 6.07) is 9.70. The first-order chi connectivity index (χ1) is 6.24. The molecular weight excluding hydrogens is 162 g/mol. The minimum Gasteiger partial charge on any atom is -0.374 e. The maximum absolute atomic E-state index is 10.5. The summed E-state index contributed by atoms with van der Waals surface area (Å²) in [6.45, 7) is 0. The van der Waals surface area contributed by atoms with Crippen LogP contribution in [0.25, 0.3) is 6.08 Å². The molecular formula is C11H12NO. The van der Waals surface area contributed by atoms with Crippen LogP contribution in [-0.4, -0.2) is 25.3 Å². The molecule has 67 valence electrons. The summed E-state index contributed by atoms with van der Waals surface area (Å²) in [5, 5.41) is 0. The van der Waals surface area contributed by atoms with Crippen molar-refractivity contribution in [1.29, 1.82) is 0 Å². The molecule has 0 aliphatic heterocycles. The molecule has 0 N–H and O–H groups in total. The summed E-state index contributed by atoms with van der Waals surface area (Å²) in [6.07, 6.45) is 3.69. The van der Waals surface area contributed by atoms with E-state index in [2.05, 4.69) is 0 Å². The molecule has 0 amide bonds. The van der Waals surface area contributed by atoms with Crippen LogP contribution in [0.2, 0.25) is 0 Å². The largest absolute Gasteiger partial charge is 0.374 e. The van der Waals surface area contributed by atoms with E-state index in [1.807, 2.05) is 50.7 Å². The number of hydrogen-bond donors (Lipinski definition) is 0. The lowest BCUT2D eigenvalue weighted by Crippen LogP contribution is -2.11. The predicted molar refractivity (Wildman–Crippen MR) is 53.8 cm³/mol. The van der Waals surface area contributed by atoms with E-state index in [0.29, 0.717) is 5.70 Å². The highest BCUT2D eigenvalue weighted by Crippen LogP contribution is 2.05. The molecule has 0 aliphatic carbocycles. The van der Waals surface area contributed by atoms with Crippen LogP contribution in [0.1, 0.15) is 5.56 Å². The van der Waals surface area contributed by atoms with Crippen molar-refractivity contribution in [3.8, 4) is 0 Å². The van der Waals surface area contributed by atoms with Gasteiger partial charge in [-0.25, -0.2) is 0 Å². The first-order valence-electron chi connectivity index (χ1n) is 4.06. The second-order valence-corrected chi connectivity index (χ2v) is 2.94. The Kier molecular flexibility index (Phi) is 3.26. The van der Waals surface area contributed by atoms with E-state index in [1.54, 1.807) is 11.0 Å². The maximum atomic E-state index is 10.5. The molecule has 0 unspecified atom stereocenters. The highest BCUT2D eigenvalue weighted by Gasteiger charge is 1.97. The molecule has 0 bridgehead atoms. The minimum absolute atomic E-state index is 0.547. The number of benzene rings is 1. The fraction of sp³-hybridized carbons (Fsp3) is 0.182. The van der Waals surface area contributed by atoms with Gasteiger partial charge in [-0.3, -0.25) is 4.79 Å². The molecule has 0 atom stereocenters. The van der Waals surface area contributed by atoms with E-state index in [1.165, 1.54) is 0 Å². The monoisotopic (exact) mass is 174 g/mol. The van der Waals surface area contributed by atoms with Gasteiger partial charge in [-0.05, 0) is 11.6 Å². The zero-order valence-corrected chi connectivity index (χ0v) is 7.82. The van der Waals surface area contributed by atoms with Crippen LogP contribution in [0.15, 0.2) is 36.0 Å². The molecule has 1 aromatic carbocycles. The van der Waals surface area contributed by atoms with Gasteiger partial charge in [0.05, 0.1) is 5.70 Å². The van der Waals surface area contributed by atoms with E-state index >= 15 is 0 Å². The Labute approximate surface area is 78.5 Å². The van der Waals surface area contributed by atoms with E-state index in [4.69, 9.17) is 0 Å². The maximum Gasteiger partial charge on any atom is 0.251 e. The van der Waals surface area contributed by atoms with Crippen LogP contribution >= 0.6 is 0 Å². The molecule has 0 saturated heterocycles. The van der Waals surface area contributed by atoms with Crippen molar-refractivity contribution >= 4 is 12.4 Å². The van der Waals surface area contributed by atoms with Gasteiger partial charge >= 0.3 is 0 Å². The van der Waals surface area contributed by atoms with Gasteiger partial charge in [0.2, 0.25) is 0 Å². The third-order valence-corrected chi connectivity index (χ3v) is 1.69. The second kappa shape index (κ2) is 4.45. The SMILES string of the molecule is CN(C)C([C]=O)=Cc1ccccc1. The van der Waals surface area contributed by atoms with Crippen molar-refractivity contribution in [2.45, 2.75) is 0 Å². The average Bonchev–Trinajstić information content (AvgIpc) is 2.15. The first-order valence-corrected chi connectivity index (χ1v) is 4.06. The minimum atomic E-state index is 0.547. The number of carbonyl (C=O) groups excluding carboxylic acids is 1. The first kappa shape index (κ1) is 9.52. The third-order valence-electron chi connectivity index (χ3n) is 1.69. The summed E-state index contributed by atoms with van der Waals surface area (Å²) in [7, 11) is 3.64. The van der Waals surface area contributed by atoms with Gasteiger partial charge in [-0.15, -0.1) is 0 Å². The standard InChI is InChI=1S/C11H12NO/c1-12(2)11(9-13)8-10-6-4-3-5-7-10/h3-8H,1-2H3. The van der Waals surface area contributed by atoms with Crippen molar-refractivity contribution in [2.24, 2.45) is 0 Å². The zero-order chi connectivity index (χ0) is 9.68. The van der Waals surface area contributed by atoms with Crippen LogP contribution in [0, 0.1) is 0 Å². The molecule has 0 aliphatic rings. The lowest BCUT2D eigenvalue weighted by molar-refractivity contribution is 0.508. The van der Waals surface area contributed by atoms with Crippen LogP contribution in [0.4, 0.5) is 0 Å². The van der Waals surface area contributed by atoms with Gasteiger partial charge in [0.1, 0.15) is 0 Å². The Hall–Kier alpha value is -1.57. The Morgan fingerprint density at radius 1 is 1.31 bits per heavy atom. The van der Waals surface area contributed by atoms with Gasteiger partial charge in [0.25, 0.3) is 6.29 Å². The second-order valence-electron chi connectivity index (χ2n) is 2.94. The lowest BCUT2D eigenvalue weighted by atomic mass is 10.2. The molecule has 0 aromatic heterocycles. The van der Waals surface area contributed by atoms with Crippen LogP contribution in [-0.2, 0) is 4.79 Å². The van der Waals surface area contributed by atoms with E-state index < -0.39 is 0 Å². The molecule has 13 heavy (non-hydrogen) atoms. The summed E-state index contributed by atoms with van der Waals surface area (Å²) in [5.74, 6) is 0. The van der Waals surface area contributed by atoms with Gasteiger partial charge in [0, 0.05) is 14.1 Å². The Morgan fingerprint density at radius 3 is 2.38 bits per heavy atom. The van der Waals surface area contributed by atoms with Gasteiger partial charge in [0.15, 0.2) is 0 Å². The molecule has 1 aromatic rings. The Bertz CT molecular complexity index is 301. The number of likely N-dealkylation sites (N-methyl/N-ethyl adjacent to an activating group) is 1. The van der Waals surface area contributed by atoms with Crippen molar-refractivity contribution in [2.75, 3.05) is 14.1 Å². The van der Waals surface area contributed by atoms with E-state index in [9.17, 15) is 4.79 Å². The number of hydrogen-bond acceptors (Lipinski definition) is 2. The molecule has 0 heterocycles. The van der Waals surface area contributed by atoms with Gasteiger partial charge < -0.3 is 4.90 Å². The normalized spacial score (nSPS) is 11.1. The smallest absolute Gasteiger partial charge is 0.251 e. The van der Waals surface area contributed by atoms with E-state index in [0.717, 1.165) is 5.56 Å². The van der Waals surface area contributed by atoms with E-state index in [-0.39, 0.29) is 0 Å². The zero-order valence-electron chi connectivity index (χ0n) is 7.82. The fourth-order valence-electron chi connectivity index (χ4n) is 0.957. The highest BCUT2D eigenvalue weighted by molar-refractivity contribution is 5.81.